The van der Waals surface area contributed by atoms with Crippen molar-refractivity contribution in [2.75, 3.05) is 26.3 Å². The van der Waals surface area contributed by atoms with Crippen molar-refractivity contribution >= 4 is 11.7 Å². The fourth-order valence-electron chi connectivity index (χ4n) is 3.24. The molecule has 0 spiro atoms. The number of aliphatic hydroxyl groups is 2. The van der Waals surface area contributed by atoms with E-state index < -0.39 is 0 Å². The molecule has 0 radical (unpaired) electrons. The van der Waals surface area contributed by atoms with Crippen LogP contribution in [0.15, 0.2) is 24.3 Å². The number of benzene rings is 1. The van der Waals surface area contributed by atoms with Crippen LogP contribution >= 0.6 is 0 Å². The van der Waals surface area contributed by atoms with Gasteiger partial charge < -0.3 is 15.1 Å². The fourth-order valence-corrected chi connectivity index (χ4v) is 3.24. The molecule has 0 atom stereocenters. The molecule has 2 heterocycles. The van der Waals surface area contributed by atoms with Crippen LogP contribution in [0.1, 0.15) is 22.5 Å². The highest BCUT2D eigenvalue weighted by Crippen LogP contribution is 2.20. The van der Waals surface area contributed by atoms with E-state index in [0.717, 1.165) is 28.1 Å². The van der Waals surface area contributed by atoms with Crippen molar-refractivity contribution < 1.29 is 15.0 Å². The molecule has 0 fully saturated rings. The van der Waals surface area contributed by atoms with Gasteiger partial charge in [-0.2, -0.15) is 4.98 Å². The number of amides is 1. The summed E-state index contributed by atoms with van der Waals surface area (Å²) in [5.74, 6) is 0.907. The molecular weight excluding hydrogens is 358 g/mol. The standard InChI is InChI=1S/C20H25N5O3/c1-13-5-4-6-16(11-13)19-22-20-21-14(2)17(15(3)25(20)23-19)12-18(28)24(7-9-26)8-10-27/h4-6,11,26-27H,7-10,12H2,1-3H3. The van der Waals surface area contributed by atoms with E-state index in [-0.39, 0.29) is 38.6 Å². The number of nitrogens with zero attached hydrogens (tertiary/aromatic N) is 5. The first kappa shape index (κ1) is 19.9. The number of rotatable bonds is 7. The summed E-state index contributed by atoms with van der Waals surface area (Å²) >= 11 is 0. The summed E-state index contributed by atoms with van der Waals surface area (Å²) in [6.07, 6.45) is 0.125. The highest BCUT2D eigenvalue weighted by Gasteiger charge is 2.19. The first-order valence-electron chi connectivity index (χ1n) is 9.24. The average Bonchev–Trinajstić information content (AvgIpc) is 3.09. The quantitative estimate of drug-likeness (QED) is 0.633. The molecule has 28 heavy (non-hydrogen) atoms. The Morgan fingerprint density at radius 1 is 1.11 bits per heavy atom. The van der Waals surface area contributed by atoms with Crippen LogP contribution in [0.25, 0.3) is 17.2 Å². The Morgan fingerprint density at radius 3 is 2.46 bits per heavy atom. The van der Waals surface area contributed by atoms with Crippen molar-refractivity contribution in [1.29, 1.82) is 0 Å². The van der Waals surface area contributed by atoms with E-state index in [1.165, 1.54) is 4.90 Å². The third-order valence-electron chi connectivity index (χ3n) is 4.75. The molecule has 2 N–H and O–H groups in total. The minimum atomic E-state index is -0.172. The number of fused-ring (bicyclic) bond motifs is 1. The molecule has 0 saturated heterocycles. The number of aliphatic hydroxyl groups excluding tert-OH is 2. The normalized spacial score (nSPS) is 11.2. The maximum atomic E-state index is 12.6. The predicted octanol–water partition coefficient (Wildman–Crippen LogP) is 1.07. The number of aryl methyl sites for hydroxylation is 3. The SMILES string of the molecule is Cc1cccc(-c2nc3nc(C)c(CC(=O)N(CCO)CCO)c(C)n3n2)c1. The fraction of sp³-hybridized carbons (Fsp3) is 0.400. The minimum Gasteiger partial charge on any atom is -0.395 e. The maximum absolute atomic E-state index is 12.6. The molecule has 3 rings (SSSR count). The monoisotopic (exact) mass is 383 g/mol. The summed E-state index contributed by atoms with van der Waals surface area (Å²) in [6.45, 7) is 5.83. The summed E-state index contributed by atoms with van der Waals surface area (Å²) < 4.78 is 1.66. The molecule has 0 aliphatic heterocycles. The van der Waals surface area contributed by atoms with Gasteiger partial charge in [-0.3, -0.25) is 4.79 Å². The van der Waals surface area contributed by atoms with E-state index in [2.05, 4.69) is 15.1 Å². The third-order valence-corrected chi connectivity index (χ3v) is 4.75. The lowest BCUT2D eigenvalue weighted by molar-refractivity contribution is -0.131. The Hall–Kier alpha value is -2.84. The highest BCUT2D eigenvalue weighted by atomic mass is 16.3. The lowest BCUT2D eigenvalue weighted by Gasteiger charge is -2.21. The summed E-state index contributed by atoms with van der Waals surface area (Å²) in [5, 5.41) is 22.9. The molecule has 8 nitrogen and oxygen atoms in total. The molecule has 0 aliphatic rings. The number of hydrogen-bond acceptors (Lipinski definition) is 6. The van der Waals surface area contributed by atoms with Crippen LogP contribution in [0, 0.1) is 20.8 Å². The summed E-state index contributed by atoms with van der Waals surface area (Å²) in [7, 11) is 0. The van der Waals surface area contributed by atoms with E-state index >= 15 is 0 Å². The smallest absolute Gasteiger partial charge is 0.253 e. The first-order valence-corrected chi connectivity index (χ1v) is 9.24. The van der Waals surface area contributed by atoms with E-state index in [1.54, 1.807) is 4.52 Å². The Kier molecular flexibility index (Phi) is 6.01. The van der Waals surface area contributed by atoms with Crippen molar-refractivity contribution in [2.45, 2.75) is 27.2 Å². The topological polar surface area (TPSA) is 104 Å². The zero-order valence-electron chi connectivity index (χ0n) is 16.4. The van der Waals surface area contributed by atoms with Gasteiger partial charge in [-0.05, 0) is 26.8 Å². The molecule has 0 bridgehead atoms. The second-order valence-corrected chi connectivity index (χ2v) is 6.78. The molecule has 1 aromatic carbocycles. The van der Waals surface area contributed by atoms with Gasteiger partial charge in [0.2, 0.25) is 5.91 Å². The Bertz CT molecular complexity index is 993. The van der Waals surface area contributed by atoms with E-state index in [9.17, 15) is 4.79 Å². The molecule has 2 aromatic heterocycles. The van der Waals surface area contributed by atoms with Gasteiger partial charge in [0.1, 0.15) is 0 Å². The third kappa shape index (κ3) is 4.02. The zero-order chi connectivity index (χ0) is 20.3. The molecule has 0 saturated carbocycles. The lowest BCUT2D eigenvalue weighted by atomic mass is 10.1. The highest BCUT2D eigenvalue weighted by molar-refractivity contribution is 5.79. The van der Waals surface area contributed by atoms with Crippen LogP contribution in [0.5, 0.6) is 0 Å². The zero-order valence-corrected chi connectivity index (χ0v) is 16.4. The van der Waals surface area contributed by atoms with Crippen LogP contribution in [0.4, 0.5) is 0 Å². The van der Waals surface area contributed by atoms with Gasteiger partial charge in [-0.25, -0.2) is 9.50 Å². The maximum Gasteiger partial charge on any atom is 0.253 e. The van der Waals surface area contributed by atoms with Crippen LogP contribution in [-0.4, -0.2) is 66.9 Å². The number of carbonyl (C=O) groups is 1. The van der Waals surface area contributed by atoms with E-state index in [0.29, 0.717) is 11.6 Å². The molecule has 0 unspecified atom stereocenters. The Morgan fingerprint density at radius 2 is 1.82 bits per heavy atom. The molecule has 148 valence electrons. The van der Waals surface area contributed by atoms with Crippen molar-refractivity contribution in [3.8, 4) is 11.4 Å². The average molecular weight is 383 g/mol. The van der Waals surface area contributed by atoms with Gasteiger partial charge in [-0.1, -0.05) is 23.8 Å². The van der Waals surface area contributed by atoms with Crippen molar-refractivity contribution in [1.82, 2.24) is 24.5 Å². The Balaban J connectivity index is 1.97. The van der Waals surface area contributed by atoms with Gasteiger partial charge in [0.05, 0.1) is 19.6 Å². The van der Waals surface area contributed by atoms with Gasteiger partial charge in [0.15, 0.2) is 5.82 Å². The first-order chi connectivity index (χ1) is 13.4. The largest absolute Gasteiger partial charge is 0.395 e. The summed E-state index contributed by atoms with van der Waals surface area (Å²) in [4.78, 5) is 23.1. The van der Waals surface area contributed by atoms with Crippen LogP contribution < -0.4 is 0 Å². The molecule has 8 heteroatoms. The van der Waals surface area contributed by atoms with Crippen molar-refractivity contribution in [3.63, 3.8) is 0 Å². The van der Waals surface area contributed by atoms with Crippen LogP contribution in [0.3, 0.4) is 0 Å². The lowest BCUT2D eigenvalue weighted by Crippen LogP contribution is -2.37. The second-order valence-electron chi connectivity index (χ2n) is 6.78. The van der Waals surface area contributed by atoms with Crippen molar-refractivity contribution in [2.24, 2.45) is 0 Å². The second kappa shape index (κ2) is 8.45. The van der Waals surface area contributed by atoms with Crippen molar-refractivity contribution in [3.05, 3.63) is 46.8 Å². The number of carbonyl (C=O) groups excluding carboxylic acids is 1. The van der Waals surface area contributed by atoms with Gasteiger partial charge in [-0.15, -0.1) is 5.10 Å². The Labute approximate surface area is 163 Å². The molecule has 3 aromatic rings. The summed E-state index contributed by atoms with van der Waals surface area (Å²) in [5.41, 5.74) is 4.33. The molecular formula is C20H25N5O3. The van der Waals surface area contributed by atoms with Gasteiger partial charge >= 0.3 is 0 Å². The van der Waals surface area contributed by atoms with Gasteiger partial charge in [0, 0.05) is 35.6 Å². The predicted molar refractivity (Wildman–Crippen MR) is 105 cm³/mol. The van der Waals surface area contributed by atoms with Crippen LogP contribution in [-0.2, 0) is 11.2 Å². The van der Waals surface area contributed by atoms with E-state index in [1.807, 2.05) is 45.0 Å². The molecule has 0 aliphatic carbocycles. The number of hydrogen-bond donors (Lipinski definition) is 2. The van der Waals surface area contributed by atoms with Gasteiger partial charge in [0.25, 0.3) is 5.78 Å². The summed E-state index contributed by atoms with van der Waals surface area (Å²) in [6, 6.07) is 7.95. The minimum absolute atomic E-state index is 0.125. The molecule has 1 amide bonds. The number of aromatic nitrogens is 4. The van der Waals surface area contributed by atoms with Crippen LogP contribution in [0.2, 0.25) is 0 Å². The van der Waals surface area contributed by atoms with E-state index in [4.69, 9.17) is 10.2 Å².